The predicted octanol–water partition coefficient (Wildman–Crippen LogP) is 4.92. The van der Waals surface area contributed by atoms with Crippen LogP contribution >= 0.6 is 23.2 Å². The molecular weight excluding hydrogens is 379 g/mol. The van der Waals surface area contributed by atoms with Gasteiger partial charge < -0.3 is 19.3 Å². The van der Waals surface area contributed by atoms with Crippen LogP contribution in [0.25, 0.3) is 11.3 Å². The van der Waals surface area contributed by atoms with Gasteiger partial charge >= 0.3 is 0 Å². The van der Waals surface area contributed by atoms with Crippen LogP contribution in [0.15, 0.2) is 47.0 Å². The number of anilines is 1. The lowest BCUT2D eigenvalue weighted by molar-refractivity contribution is 0.101. The highest BCUT2D eigenvalue weighted by Crippen LogP contribution is 2.31. The molecule has 3 aromatic rings. The summed E-state index contributed by atoms with van der Waals surface area (Å²) in [6.45, 7) is 0. The number of hydrogen-bond donors (Lipinski definition) is 1. The Balaban J connectivity index is 1.81. The van der Waals surface area contributed by atoms with E-state index in [0.717, 1.165) is 0 Å². The Morgan fingerprint density at radius 2 is 1.85 bits per heavy atom. The summed E-state index contributed by atoms with van der Waals surface area (Å²) in [6.07, 6.45) is 0. The first-order chi connectivity index (χ1) is 12.5. The number of carbonyl (C=O) groups is 1. The van der Waals surface area contributed by atoms with Crippen molar-refractivity contribution < 1.29 is 18.8 Å². The van der Waals surface area contributed by atoms with Gasteiger partial charge in [-0.3, -0.25) is 4.79 Å². The average Bonchev–Trinajstić information content (AvgIpc) is 3.14. The van der Waals surface area contributed by atoms with E-state index in [1.165, 1.54) is 13.2 Å². The van der Waals surface area contributed by atoms with E-state index in [1.807, 2.05) is 0 Å². The fourth-order valence-electron chi connectivity index (χ4n) is 2.26. The van der Waals surface area contributed by atoms with Gasteiger partial charge in [0.25, 0.3) is 5.91 Å². The van der Waals surface area contributed by atoms with Crippen molar-refractivity contribution in [3.63, 3.8) is 0 Å². The second-order valence-electron chi connectivity index (χ2n) is 5.23. The SMILES string of the molecule is COc1ccc(NC(=O)c2cc(-c3ccc(Cl)c(Cl)c3)on2)c(OC)c1. The van der Waals surface area contributed by atoms with Gasteiger partial charge in [0.15, 0.2) is 11.5 Å². The number of amides is 1. The Morgan fingerprint density at radius 3 is 2.54 bits per heavy atom. The summed E-state index contributed by atoms with van der Waals surface area (Å²) in [6, 6.07) is 11.6. The number of methoxy groups -OCH3 is 2. The maximum Gasteiger partial charge on any atom is 0.277 e. The molecule has 1 aromatic heterocycles. The second-order valence-corrected chi connectivity index (χ2v) is 6.04. The molecule has 0 spiro atoms. The van der Waals surface area contributed by atoms with E-state index in [9.17, 15) is 4.79 Å². The van der Waals surface area contributed by atoms with Gasteiger partial charge in [0, 0.05) is 17.7 Å². The highest BCUT2D eigenvalue weighted by atomic mass is 35.5. The molecule has 6 nitrogen and oxygen atoms in total. The van der Waals surface area contributed by atoms with Gasteiger partial charge in [0.1, 0.15) is 11.5 Å². The molecule has 0 fully saturated rings. The Labute approximate surface area is 159 Å². The fraction of sp³-hybridized carbons (Fsp3) is 0.111. The average molecular weight is 393 g/mol. The third kappa shape index (κ3) is 3.76. The molecule has 0 saturated carbocycles. The van der Waals surface area contributed by atoms with Crippen molar-refractivity contribution in [2.45, 2.75) is 0 Å². The summed E-state index contributed by atoms with van der Waals surface area (Å²) in [5, 5.41) is 7.34. The molecule has 134 valence electrons. The monoisotopic (exact) mass is 392 g/mol. The number of carbonyl (C=O) groups excluding carboxylic acids is 1. The number of halogens is 2. The summed E-state index contributed by atoms with van der Waals surface area (Å²) >= 11 is 11.9. The Bertz CT molecular complexity index is 956. The number of aromatic nitrogens is 1. The molecule has 0 bridgehead atoms. The van der Waals surface area contributed by atoms with Crippen LogP contribution < -0.4 is 14.8 Å². The molecule has 0 aliphatic heterocycles. The quantitative estimate of drug-likeness (QED) is 0.666. The topological polar surface area (TPSA) is 73.6 Å². The number of nitrogens with one attached hydrogen (secondary N) is 1. The smallest absolute Gasteiger partial charge is 0.277 e. The summed E-state index contributed by atoms with van der Waals surface area (Å²) in [7, 11) is 3.05. The molecule has 2 aromatic carbocycles. The summed E-state index contributed by atoms with van der Waals surface area (Å²) < 4.78 is 15.6. The molecule has 8 heteroatoms. The number of rotatable bonds is 5. The third-order valence-corrected chi connectivity index (χ3v) is 4.34. The minimum atomic E-state index is -0.441. The van der Waals surface area contributed by atoms with Crippen molar-refractivity contribution in [1.29, 1.82) is 0 Å². The normalized spacial score (nSPS) is 10.5. The van der Waals surface area contributed by atoms with Gasteiger partial charge in [0.05, 0.1) is 30.0 Å². The van der Waals surface area contributed by atoms with E-state index in [4.69, 9.17) is 37.2 Å². The van der Waals surface area contributed by atoms with Crippen LogP contribution in [0.3, 0.4) is 0 Å². The minimum absolute atomic E-state index is 0.115. The van der Waals surface area contributed by atoms with Crippen LogP contribution in [0.2, 0.25) is 10.0 Å². The van der Waals surface area contributed by atoms with Crippen molar-refractivity contribution >= 4 is 34.8 Å². The van der Waals surface area contributed by atoms with Gasteiger partial charge in [-0.15, -0.1) is 0 Å². The molecule has 0 unspecified atom stereocenters. The van der Waals surface area contributed by atoms with Crippen LogP contribution in [0.4, 0.5) is 5.69 Å². The van der Waals surface area contributed by atoms with Crippen LogP contribution in [-0.4, -0.2) is 25.3 Å². The first-order valence-electron chi connectivity index (χ1n) is 7.47. The minimum Gasteiger partial charge on any atom is -0.497 e. The van der Waals surface area contributed by atoms with E-state index in [0.29, 0.717) is 38.6 Å². The van der Waals surface area contributed by atoms with Gasteiger partial charge in [-0.25, -0.2) is 0 Å². The van der Waals surface area contributed by atoms with Crippen molar-refractivity contribution in [2.75, 3.05) is 19.5 Å². The Morgan fingerprint density at radius 1 is 1.04 bits per heavy atom. The molecule has 0 aliphatic carbocycles. The molecule has 1 amide bonds. The lowest BCUT2D eigenvalue weighted by Gasteiger charge is -2.10. The van der Waals surface area contributed by atoms with Crippen LogP contribution in [0, 0.1) is 0 Å². The molecule has 1 N–H and O–H groups in total. The van der Waals surface area contributed by atoms with Crippen molar-refractivity contribution in [2.24, 2.45) is 0 Å². The lowest BCUT2D eigenvalue weighted by Crippen LogP contribution is -2.13. The van der Waals surface area contributed by atoms with Crippen molar-refractivity contribution in [3.05, 3.63) is 58.2 Å². The molecule has 0 saturated heterocycles. The van der Waals surface area contributed by atoms with Crippen molar-refractivity contribution in [3.8, 4) is 22.8 Å². The van der Waals surface area contributed by atoms with Crippen LogP contribution in [-0.2, 0) is 0 Å². The second kappa shape index (κ2) is 7.68. The van der Waals surface area contributed by atoms with E-state index in [1.54, 1.807) is 43.5 Å². The zero-order valence-corrected chi connectivity index (χ0v) is 15.4. The zero-order valence-electron chi connectivity index (χ0n) is 13.9. The third-order valence-electron chi connectivity index (χ3n) is 3.60. The van der Waals surface area contributed by atoms with Crippen LogP contribution in [0.5, 0.6) is 11.5 Å². The van der Waals surface area contributed by atoms with Gasteiger partial charge in [-0.2, -0.15) is 0 Å². The van der Waals surface area contributed by atoms with E-state index in [2.05, 4.69) is 10.5 Å². The molecule has 0 atom stereocenters. The van der Waals surface area contributed by atoms with E-state index >= 15 is 0 Å². The molecule has 0 aliphatic rings. The zero-order chi connectivity index (χ0) is 18.7. The maximum atomic E-state index is 12.4. The first-order valence-corrected chi connectivity index (χ1v) is 8.23. The fourth-order valence-corrected chi connectivity index (χ4v) is 2.55. The summed E-state index contributed by atoms with van der Waals surface area (Å²) in [5.41, 5.74) is 1.26. The number of benzene rings is 2. The first kappa shape index (κ1) is 18.1. The summed E-state index contributed by atoms with van der Waals surface area (Å²) in [5.74, 6) is 1.04. The number of hydrogen-bond acceptors (Lipinski definition) is 5. The molecule has 0 radical (unpaired) electrons. The maximum absolute atomic E-state index is 12.4. The lowest BCUT2D eigenvalue weighted by atomic mass is 10.1. The van der Waals surface area contributed by atoms with E-state index in [-0.39, 0.29) is 5.69 Å². The number of nitrogens with zero attached hydrogens (tertiary/aromatic N) is 1. The predicted molar refractivity (Wildman–Crippen MR) is 99.5 cm³/mol. The van der Waals surface area contributed by atoms with Gasteiger partial charge in [0.2, 0.25) is 0 Å². The Hall–Kier alpha value is -2.70. The Kier molecular flexibility index (Phi) is 5.35. The molecule has 1 heterocycles. The molecule has 26 heavy (non-hydrogen) atoms. The van der Waals surface area contributed by atoms with Crippen LogP contribution in [0.1, 0.15) is 10.5 Å². The highest BCUT2D eigenvalue weighted by molar-refractivity contribution is 6.42. The van der Waals surface area contributed by atoms with Gasteiger partial charge in [-0.1, -0.05) is 28.4 Å². The van der Waals surface area contributed by atoms with E-state index < -0.39 is 5.91 Å². The largest absolute Gasteiger partial charge is 0.497 e. The standard InChI is InChI=1S/C18H14Cl2N2O4/c1-24-11-4-6-14(17(8-11)25-2)21-18(23)15-9-16(26-22-15)10-3-5-12(19)13(20)7-10/h3-9H,1-2H3,(H,21,23). The number of ether oxygens (including phenoxy) is 2. The van der Waals surface area contributed by atoms with Gasteiger partial charge in [-0.05, 0) is 30.3 Å². The summed E-state index contributed by atoms with van der Waals surface area (Å²) in [4.78, 5) is 12.4. The molecular formula is C18H14Cl2N2O4. The van der Waals surface area contributed by atoms with Crippen molar-refractivity contribution in [1.82, 2.24) is 5.16 Å². The molecule has 3 rings (SSSR count). The highest BCUT2D eigenvalue weighted by Gasteiger charge is 2.16.